The molecule has 0 aliphatic rings. The monoisotopic (exact) mass is 326 g/mol. The van der Waals surface area contributed by atoms with Crippen molar-refractivity contribution in [3.05, 3.63) is 72.9 Å². The Morgan fingerprint density at radius 2 is 2.05 bits per heavy atom. The molecule has 2 aromatic rings. The molecular weight excluding hydrogens is 319 g/mol. The molecule has 0 fully saturated rings. The zero-order valence-corrected chi connectivity index (χ0v) is 11.1. The van der Waals surface area contributed by atoms with Gasteiger partial charge in [-0.15, -0.1) is 0 Å². The summed E-state index contributed by atoms with van der Waals surface area (Å²) in [7, 11) is 0. The molecule has 1 aromatic carbocycles. The molecule has 0 aliphatic heterocycles. The number of benzene rings is 1. The average Bonchev–Trinajstić information content (AvgIpc) is 2.37. The van der Waals surface area contributed by atoms with Gasteiger partial charge in [-0.05, 0) is 28.1 Å². The third-order valence-corrected chi connectivity index (χ3v) is 3.17. The van der Waals surface area contributed by atoms with Gasteiger partial charge in [0.1, 0.15) is 0 Å². The molecule has 1 heterocycles. The van der Waals surface area contributed by atoms with Crippen LogP contribution in [0, 0.1) is 15.9 Å². The molecular formula is C12H8BrFN2O3. The second-order valence-corrected chi connectivity index (χ2v) is 4.65. The van der Waals surface area contributed by atoms with Crippen molar-refractivity contribution in [2.24, 2.45) is 0 Å². The van der Waals surface area contributed by atoms with Crippen LogP contribution >= 0.6 is 15.9 Å². The fourth-order valence-corrected chi connectivity index (χ4v) is 2.03. The molecule has 98 valence electrons. The van der Waals surface area contributed by atoms with Gasteiger partial charge in [-0.2, -0.15) is 4.39 Å². The number of nitrogens with zero attached hydrogens (tertiary/aromatic N) is 2. The van der Waals surface area contributed by atoms with E-state index in [1.165, 1.54) is 22.9 Å². The normalized spacial score (nSPS) is 10.4. The van der Waals surface area contributed by atoms with Crippen molar-refractivity contribution >= 4 is 21.6 Å². The number of nitro groups is 1. The Labute approximate surface area is 115 Å². The summed E-state index contributed by atoms with van der Waals surface area (Å²) >= 11 is 3.08. The molecule has 5 nitrogen and oxygen atoms in total. The molecule has 0 unspecified atom stereocenters. The lowest BCUT2D eigenvalue weighted by atomic mass is 10.2. The van der Waals surface area contributed by atoms with Gasteiger partial charge >= 0.3 is 5.69 Å². The Balaban J connectivity index is 2.45. The van der Waals surface area contributed by atoms with Gasteiger partial charge in [0.2, 0.25) is 5.82 Å². The van der Waals surface area contributed by atoms with Crippen molar-refractivity contribution in [3.63, 3.8) is 0 Å². The summed E-state index contributed by atoms with van der Waals surface area (Å²) in [6, 6.07) is 7.08. The fourth-order valence-electron chi connectivity index (χ4n) is 1.64. The lowest BCUT2D eigenvalue weighted by molar-refractivity contribution is -0.387. The van der Waals surface area contributed by atoms with Crippen molar-refractivity contribution < 1.29 is 9.31 Å². The van der Waals surface area contributed by atoms with Crippen LogP contribution < -0.4 is 5.56 Å². The lowest BCUT2D eigenvalue weighted by Gasteiger charge is -2.07. The molecule has 0 radical (unpaired) electrons. The zero-order valence-electron chi connectivity index (χ0n) is 9.55. The Morgan fingerprint density at radius 1 is 1.32 bits per heavy atom. The minimum atomic E-state index is -0.917. The summed E-state index contributed by atoms with van der Waals surface area (Å²) in [6.45, 7) is -0.0637. The second kappa shape index (κ2) is 5.31. The number of aromatic nitrogens is 1. The summed E-state index contributed by atoms with van der Waals surface area (Å²) in [6.07, 6.45) is 1.49. The van der Waals surface area contributed by atoms with E-state index in [1.807, 2.05) is 0 Å². The highest BCUT2D eigenvalue weighted by atomic mass is 79.9. The topological polar surface area (TPSA) is 65.1 Å². The molecule has 0 saturated heterocycles. The van der Waals surface area contributed by atoms with Gasteiger partial charge in [-0.25, -0.2) is 0 Å². The molecule has 19 heavy (non-hydrogen) atoms. The zero-order chi connectivity index (χ0) is 14.0. The molecule has 0 amide bonds. The van der Waals surface area contributed by atoms with Crippen LogP contribution in [0.4, 0.5) is 10.1 Å². The minimum absolute atomic E-state index is 0.0637. The molecule has 1 aromatic heterocycles. The van der Waals surface area contributed by atoms with Gasteiger partial charge in [0, 0.05) is 17.8 Å². The maximum absolute atomic E-state index is 13.9. The van der Waals surface area contributed by atoms with E-state index in [-0.39, 0.29) is 17.7 Å². The highest BCUT2D eigenvalue weighted by Gasteiger charge is 2.17. The van der Waals surface area contributed by atoms with Gasteiger partial charge in [0.05, 0.1) is 15.9 Å². The summed E-state index contributed by atoms with van der Waals surface area (Å²) in [4.78, 5) is 21.6. The minimum Gasteiger partial charge on any atom is -0.310 e. The van der Waals surface area contributed by atoms with Crippen LogP contribution in [0.5, 0.6) is 0 Å². The Kier molecular flexibility index (Phi) is 3.75. The van der Waals surface area contributed by atoms with Crippen molar-refractivity contribution in [3.8, 4) is 0 Å². The van der Waals surface area contributed by atoms with Crippen LogP contribution in [-0.2, 0) is 6.54 Å². The van der Waals surface area contributed by atoms with Crippen molar-refractivity contribution in [1.82, 2.24) is 4.57 Å². The van der Waals surface area contributed by atoms with E-state index in [1.54, 1.807) is 12.1 Å². The van der Waals surface area contributed by atoms with Crippen molar-refractivity contribution in [1.29, 1.82) is 0 Å². The molecule has 2 rings (SSSR count). The molecule has 0 saturated carbocycles. The first kappa shape index (κ1) is 13.4. The molecule has 0 aliphatic carbocycles. The summed E-state index contributed by atoms with van der Waals surface area (Å²) in [5.74, 6) is -0.917. The summed E-state index contributed by atoms with van der Waals surface area (Å²) in [5, 5.41) is 10.6. The first-order chi connectivity index (χ1) is 9.00. The maximum atomic E-state index is 13.9. The third-order valence-electron chi connectivity index (χ3n) is 2.57. The van der Waals surface area contributed by atoms with Crippen LogP contribution in [0.1, 0.15) is 5.56 Å². The number of rotatable bonds is 3. The van der Waals surface area contributed by atoms with Crippen LogP contribution in [0.3, 0.4) is 0 Å². The molecule has 0 N–H and O–H groups in total. The Bertz CT molecular complexity index is 700. The van der Waals surface area contributed by atoms with Gasteiger partial charge in [0.15, 0.2) is 0 Å². The van der Waals surface area contributed by atoms with E-state index in [9.17, 15) is 19.3 Å². The van der Waals surface area contributed by atoms with Crippen LogP contribution in [0.2, 0.25) is 0 Å². The van der Waals surface area contributed by atoms with Gasteiger partial charge in [-0.3, -0.25) is 14.9 Å². The fraction of sp³-hybridized carbons (Fsp3) is 0.0833. The smallest absolute Gasteiger partial charge is 0.305 e. The lowest BCUT2D eigenvalue weighted by Crippen LogP contribution is -2.20. The predicted molar refractivity (Wildman–Crippen MR) is 70.6 cm³/mol. The maximum Gasteiger partial charge on any atom is 0.305 e. The summed E-state index contributed by atoms with van der Waals surface area (Å²) < 4.78 is 15.5. The Hall–Kier alpha value is -2.02. The number of hydrogen-bond acceptors (Lipinski definition) is 3. The number of pyridine rings is 1. The second-order valence-electron chi connectivity index (χ2n) is 3.80. The van der Waals surface area contributed by atoms with E-state index < -0.39 is 16.4 Å². The number of halogens is 2. The van der Waals surface area contributed by atoms with E-state index in [0.29, 0.717) is 4.47 Å². The standard InChI is InChI=1S/C12H8BrFN2O3/c13-9-4-2-6-15(12(9)17)7-8-3-1-5-10(11(8)14)16(18)19/h1-6H,7H2. The van der Waals surface area contributed by atoms with Crippen LogP contribution in [0.15, 0.2) is 45.8 Å². The van der Waals surface area contributed by atoms with Gasteiger partial charge < -0.3 is 4.57 Å². The van der Waals surface area contributed by atoms with Crippen LogP contribution in [0.25, 0.3) is 0 Å². The SMILES string of the molecule is O=c1c(Br)cccn1Cc1cccc([N+](=O)[O-])c1F. The largest absolute Gasteiger partial charge is 0.310 e. The van der Waals surface area contributed by atoms with E-state index in [0.717, 1.165) is 6.07 Å². The quantitative estimate of drug-likeness (QED) is 0.643. The first-order valence-electron chi connectivity index (χ1n) is 5.27. The molecule has 0 bridgehead atoms. The third kappa shape index (κ3) is 2.70. The van der Waals surface area contributed by atoms with Crippen LogP contribution in [-0.4, -0.2) is 9.49 Å². The number of hydrogen-bond donors (Lipinski definition) is 0. The van der Waals surface area contributed by atoms with Crippen molar-refractivity contribution in [2.45, 2.75) is 6.54 Å². The summed E-state index contributed by atoms with van der Waals surface area (Å²) in [5.41, 5.74) is -0.830. The first-order valence-corrected chi connectivity index (χ1v) is 6.06. The molecule has 0 atom stereocenters. The predicted octanol–water partition coefficient (Wildman–Crippen LogP) is 2.71. The Morgan fingerprint density at radius 3 is 2.74 bits per heavy atom. The highest BCUT2D eigenvalue weighted by molar-refractivity contribution is 9.10. The van der Waals surface area contributed by atoms with E-state index in [4.69, 9.17) is 0 Å². The van der Waals surface area contributed by atoms with Gasteiger partial charge in [-0.1, -0.05) is 12.1 Å². The molecule has 7 heteroatoms. The average molecular weight is 327 g/mol. The number of nitro benzene ring substituents is 1. The van der Waals surface area contributed by atoms with Gasteiger partial charge in [0.25, 0.3) is 5.56 Å². The van der Waals surface area contributed by atoms with Crippen molar-refractivity contribution in [2.75, 3.05) is 0 Å². The van der Waals surface area contributed by atoms with E-state index in [2.05, 4.69) is 15.9 Å². The van der Waals surface area contributed by atoms with E-state index >= 15 is 0 Å². The molecule has 0 spiro atoms. The highest BCUT2D eigenvalue weighted by Crippen LogP contribution is 2.20.